The second-order valence-corrected chi connectivity index (χ2v) is 8.98. The zero-order chi connectivity index (χ0) is 20.4. The maximum Gasteiger partial charge on any atom is 0.124 e. The number of rotatable bonds is 10. The van der Waals surface area contributed by atoms with Crippen molar-refractivity contribution < 1.29 is 10.2 Å². The fourth-order valence-electron chi connectivity index (χ4n) is 2.56. The van der Waals surface area contributed by atoms with Crippen LogP contribution < -0.4 is 0 Å². The van der Waals surface area contributed by atoms with Crippen molar-refractivity contribution in [3.8, 4) is 11.5 Å². The molecule has 0 fully saturated rings. The van der Waals surface area contributed by atoms with Crippen molar-refractivity contribution in [1.82, 2.24) is 4.90 Å². The molecule has 2 N–H and O–H groups in total. The van der Waals surface area contributed by atoms with Gasteiger partial charge in [0.15, 0.2) is 0 Å². The number of phenols is 2. The molecule has 0 unspecified atom stereocenters. The summed E-state index contributed by atoms with van der Waals surface area (Å²) in [6.45, 7) is 3.41. The topological polar surface area (TPSA) is 68.4 Å². The van der Waals surface area contributed by atoms with Crippen LogP contribution >= 0.6 is 45.2 Å². The van der Waals surface area contributed by atoms with E-state index in [0.29, 0.717) is 0 Å². The summed E-state index contributed by atoms with van der Waals surface area (Å²) < 4.78 is 2.16. The van der Waals surface area contributed by atoms with Crippen molar-refractivity contribution in [2.75, 3.05) is 33.2 Å². The molecule has 0 saturated carbocycles. The van der Waals surface area contributed by atoms with Crippen molar-refractivity contribution in [3.05, 3.63) is 54.7 Å². The normalized spacial score (nSPS) is 11.9. The third kappa shape index (κ3) is 8.44. The average molecular weight is 605 g/mol. The van der Waals surface area contributed by atoms with E-state index in [-0.39, 0.29) is 11.5 Å². The van der Waals surface area contributed by atoms with Crippen LogP contribution in [0.1, 0.15) is 24.0 Å². The molecule has 0 aliphatic rings. The lowest BCUT2D eigenvalue weighted by molar-refractivity contribution is 0.329. The van der Waals surface area contributed by atoms with Gasteiger partial charge in [0.1, 0.15) is 11.5 Å². The largest absolute Gasteiger partial charge is 0.507 e. The van der Waals surface area contributed by atoms with Gasteiger partial charge in [-0.15, -0.1) is 0 Å². The quantitative estimate of drug-likeness (QED) is 0.237. The molecule has 0 saturated heterocycles. The van der Waals surface area contributed by atoms with Crippen molar-refractivity contribution in [1.29, 1.82) is 0 Å². The monoisotopic (exact) mass is 605 g/mol. The highest BCUT2D eigenvalue weighted by molar-refractivity contribution is 14.1. The molecule has 5 nitrogen and oxygen atoms in total. The zero-order valence-electron chi connectivity index (χ0n) is 15.9. The van der Waals surface area contributed by atoms with E-state index in [1.807, 2.05) is 24.3 Å². The lowest BCUT2D eigenvalue weighted by atomic mass is 10.2. The number of aliphatic imine (C=N–C) groups is 2. The molecule has 28 heavy (non-hydrogen) atoms. The molecule has 0 aliphatic heterocycles. The van der Waals surface area contributed by atoms with Gasteiger partial charge in [0.25, 0.3) is 0 Å². The van der Waals surface area contributed by atoms with Crippen LogP contribution in [0, 0.1) is 7.14 Å². The Balaban J connectivity index is 1.62. The van der Waals surface area contributed by atoms with Crippen LogP contribution in [0.3, 0.4) is 0 Å². The fraction of sp³-hybridized carbons (Fsp3) is 0.333. The standard InChI is InChI=1S/C21H25I2N3O2/c1-26(10-2-8-24-14-16-12-18(22)4-6-20(16)27)11-3-9-25-15-17-13-19(23)5-7-21(17)28/h4-7,12-15,27-28H,2-3,8-11H2,1H3. The summed E-state index contributed by atoms with van der Waals surface area (Å²) in [5, 5.41) is 19.6. The van der Waals surface area contributed by atoms with E-state index in [9.17, 15) is 10.2 Å². The Morgan fingerprint density at radius 1 is 0.821 bits per heavy atom. The first-order chi connectivity index (χ1) is 13.5. The molecule has 0 amide bonds. The molecule has 0 spiro atoms. The number of halogens is 2. The summed E-state index contributed by atoms with van der Waals surface area (Å²) >= 11 is 4.44. The van der Waals surface area contributed by atoms with Crippen molar-refractivity contribution in [2.24, 2.45) is 9.98 Å². The van der Waals surface area contributed by atoms with Crippen molar-refractivity contribution in [3.63, 3.8) is 0 Å². The molecule has 7 heteroatoms. The Hall–Kier alpha value is -1.20. The Morgan fingerprint density at radius 2 is 1.25 bits per heavy atom. The molecule has 0 bridgehead atoms. The van der Waals surface area contributed by atoms with Crippen LogP contribution in [-0.2, 0) is 0 Å². The highest BCUT2D eigenvalue weighted by atomic mass is 127. The highest BCUT2D eigenvalue weighted by Gasteiger charge is 2.00. The minimum atomic E-state index is 0.264. The van der Waals surface area contributed by atoms with E-state index in [2.05, 4.69) is 67.1 Å². The average Bonchev–Trinajstić information content (AvgIpc) is 2.66. The van der Waals surface area contributed by atoms with E-state index < -0.39 is 0 Å². The van der Waals surface area contributed by atoms with E-state index in [1.165, 1.54) is 0 Å². The van der Waals surface area contributed by atoms with Gasteiger partial charge < -0.3 is 15.1 Å². The lowest BCUT2D eigenvalue weighted by Crippen LogP contribution is -2.22. The molecule has 0 aromatic heterocycles. The van der Waals surface area contributed by atoms with Gasteiger partial charge in [-0.25, -0.2) is 0 Å². The van der Waals surface area contributed by atoms with Gasteiger partial charge in [-0.05, 0) is 115 Å². The van der Waals surface area contributed by atoms with Gasteiger partial charge in [0.05, 0.1) is 0 Å². The van der Waals surface area contributed by atoms with Gasteiger partial charge in [0, 0.05) is 43.8 Å². The first kappa shape index (κ1) is 23.1. The van der Waals surface area contributed by atoms with Gasteiger partial charge in [-0.1, -0.05) is 0 Å². The minimum absolute atomic E-state index is 0.264. The number of hydrogen-bond acceptors (Lipinski definition) is 5. The first-order valence-electron chi connectivity index (χ1n) is 9.11. The molecule has 150 valence electrons. The Labute approximate surface area is 193 Å². The molecule has 0 atom stereocenters. The zero-order valence-corrected chi connectivity index (χ0v) is 20.2. The second kappa shape index (κ2) is 12.4. The fourth-order valence-corrected chi connectivity index (χ4v) is 3.59. The summed E-state index contributed by atoms with van der Waals surface area (Å²) in [5.74, 6) is 0.528. The number of hydrogen-bond donors (Lipinski definition) is 2. The number of benzene rings is 2. The Kier molecular flexibility index (Phi) is 10.2. The summed E-state index contributed by atoms with van der Waals surface area (Å²) in [6.07, 6.45) is 5.42. The highest BCUT2D eigenvalue weighted by Crippen LogP contribution is 2.18. The van der Waals surface area contributed by atoms with E-state index >= 15 is 0 Å². The van der Waals surface area contributed by atoms with E-state index in [4.69, 9.17) is 0 Å². The smallest absolute Gasteiger partial charge is 0.124 e. The lowest BCUT2D eigenvalue weighted by Gasteiger charge is -2.14. The van der Waals surface area contributed by atoms with Crippen LogP contribution in [-0.4, -0.2) is 60.8 Å². The Bertz CT molecular complexity index is 758. The molecule has 2 aromatic carbocycles. The van der Waals surface area contributed by atoms with Crippen LogP contribution in [0.2, 0.25) is 0 Å². The summed E-state index contributed by atoms with van der Waals surface area (Å²) in [6, 6.07) is 11.0. The van der Waals surface area contributed by atoms with E-state index in [0.717, 1.165) is 57.3 Å². The van der Waals surface area contributed by atoms with Gasteiger partial charge >= 0.3 is 0 Å². The van der Waals surface area contributed by atoms with Gasteiger partial charge in [0.2, 0.25) is 0 Å². The third-order valence-corrected chi connectivity index (χ3v) is 5.44. The summed E-state index contributed by atoms with van der Waals surface area (Å²) in [4.78, 5) is 11.1. The van der Waals surface area contributed by atoms with Crippen molar-refractivity contribution in [2.45, 2.75) is 12.8 Å². The molecule has 0 aliphatic carbocycles. The van der Waals surface area contributed by atoms with Crippen LogP contribution in [0.15, 0.2) is 46.4 Å². The predicted octanol–water partition coefficient (Wildman–Crippen LogP) is 4.56. The molecule has 2 aromatic rings. The third-order valence-electron chi connectivity index (χ3n) is 4.09. The summed E-state index contributed by atoms with van der Waals surface area (Å²) in [7, 11) is 2.10. The molecule has 2 rings (SSSR count). The Morgan fingerprint density at radius 3 is 1.68 bits per heavy atom. The number of nitrogens with zero attached hydrogens (tertiary/aromatic N) is 3. The SMILES string of the molecule is CN(CCCN=Cc1cc(I)ccc1O)CCCN=Cc1cc(I)ccc1O. The summed E-state index contributed by atoms with van der Waals surface area (Å²) in [5.41, 5.74) is 1.52. The van der Waals surface area contributed by atoms with E-state index in [1.54, 1.807) is 24.6 Å². The van der Waals surface area contributed by atoms with Crippen LogP contribution in [0.4, 0.5) is 0 Å². The number of phenolic OH excluding ortho intramolecular Hbond substituents is 2. The van der Waals surface area contributed by atoms with Gasteiger partial charge in [-0.2, -0.15) is 0 Å². The maximum atomic E-state index is 9.79. The van der Waals surface area contributed by atoms with Crippen LogP contribution in [0.5, 0.6) is 11.5 Å². The van der Waals surface area contributed by atoms with Crippen molar-refractivity contribution >= 4 is 57.6 Å². The molecular formula is C21H25I2N3O2. The number of aromatic hydroxyl groups is 2. The van der Waals surface area contributed by atoms with Crippen LogP contribution in [0.25, 0.3) is 0 Å². The molecule has 0 radical (unpaired) electrons. The minimum Gasteiger partial charge on any atom is -0.507 e. The first-order valence-corrected chi connectivity index (χ1v) is 11.3. The molecule has 0 heterocycles. The molecular weight excluding hydrogens is 580 g/mol. The second-order valence-electron chi connectivity index (χ2n) is 6.49. The predicted molar refractivity (Wildman–Crippen MR) is 133 cm³/mol. The van der Waals surface area contributed by atoms with Gasteiger partial charge in [-0.3, -0.25) is 9.98 Å². The maximum absolute atomic E-state index is 9.79.